The van der Waals surface area contributed by atoms with Crippen molar-refractivity contribution in [2.45, 2.75) is 19.1 Å². The van der Waals surface area contributed by atoms with Crippen LogP contribution in [-0.2, 0) is 14.4 Å². The van der Waals surface area contributed by atoms with E-state index in [4.69, 9.17) is 0 Å². The Bertz CT molecular complexity index is 763. The number of thioether (sulfide) groups is 1. The monoisotopic (exact) mass is 371 g/mol. The molecular formula is C19H21N3O3S. The van der Waals surface area contributed by atoms with Gasteiger partial charge >= 0.3 is 0 Å². The molecule has 0 saturated heterocycles. The molecule has 26 heavy (non-hydrogen) atoms. The van der Waals surface area contributed by atoms with E-state index in [9.17, 15) is 14.4 Å². The van der Waals surface area contributed by atoms with E-state index in [1.54, 1.807) is 31.2 Å². The van der Waals surface area contributed by atoms with Crippen LogP contribution in [0.4, 0.5) is 17.1 Å². The summed E-state index contributed by atoms with van der Waals surface area (Å²) in [7, 11) is 0. The SMILES string of the molecule is CC(=O)Nc1ccc(NC(=O)C(C)SCC(=O)Nc2ccccc2)cc1. The van der Waals surface area contributed by atoms with Crippen LogP contribution in [0.2, 0.25) is 0 Å². The van der Waals surface area contributed by atoms with E-state index in [-0.39, 0.29) is 28.7 Å². The number of hydrogen-bond acceptors (Lipinski definition) is 4. The highest BCUT2D eigenvalue weighted by atomic mass is 32.2. The minimum atomic E-state index is -0.383. The van der Waals surface area contributed by atoms with Crippen molar-refractivity contribution in [2.24, 2.45) is 0 Å². The summed E-state index contributed by atoms with van der Waals surface area (Å²) in [5.74, 6) is -0.304. The van der Waals surface area contributed by atoms with Gasteiger partial charge in [0.05, 0.1) is 11.0 Å². The Morgan fingerprint density at radius 1 is 0.846 bits per heavy atom. The normalized spacial score (nSPS) is 11.3. The lowest BCUT2D eigenvalue weighted by atomic mass is 10.2. The first-order valence-corrected chi connectivity index (χ1v) is 9.14. The molecule has 0 fully saturated rings. The fraction of sp³-hybridized carbons (Fsp3) is 0.211. The van der Waals surface area contributed by atoms with E-state index in [1.165, 1.54) is 18.7 Å². The second-order valence-corrected chi connectivity index (χ2v) is 6.94. The van der Waals surface area contributed by atoms with Crippen LogP contribution in [0.5, 0.6) is 0 Å². The average Bonchev–Trinajstić information content (AvgIpc) is 2.61. The van der Waals surface area contributed by atoms with E-state index in [0.717, 1.165) is 5.69 Å². The van der Waals surface area contributed by atoms with Crippen LogP contribution in [0.25, 0.3) is 0 Å². The van der Waals surface area contributed by atoms with Crippen molar-refractivity contribution in [1.82, 2.24) is 0 Å². The summed E-state index contributed by atoms with van der Waals surface area (Å²) in [6, 6.07) is 16.0. The zero-order chi connectivity index (χ0) is 18.9. The molecule has 0 spiro atoms. The van der Waals surface area contributed by atoms with Gasteiger partial charge in [0.15, 0.2) is 0 Å². The van der Waals surface area contributed by atoms with Crippen LogP contribution in [0, 0.1) is 0 Å². The largest absolute Gasteiger partial charge is 0.326 e. The van der Waals surface area contributed by atoms with Crippen molar-refractivity contribution in [3.8, 4) is 0 Å². The number of amides is 3. The first-order valence-electron chi connectivity index (χ1n) is 8.09. The second-order valence-electron chi connectivity index (χ2n) is 5.62. The second kappa shape index (κ2) is 9.62. The van der Waals surface area contributed by atoms with E-state index < -0.39 is 0 Å². The summed E-state index contributed by atoms with van der Waals surface area (Å²) in [5, 5.41) is 7.85. The number of nitrogens with one attached hydrogen (secondary N) is 3. The van der Waals surface area contributed by atoms with Gasteiger partial charge in [-0.05, 0) is 43.3 Å². The van der Waals surface area contributed by atoms with Gasteiger partial charge in [0.1, 0.15) is 0 Å². The summed E-state index contributed by atoms with van der Waals surface area (Å²) in [4.78, 5) is 35.1. The number of hydrogen-bond donors (Lipinski definition) is 3. The van der Waals surface area contributed by atoms with Crippen molar-refractivity contribution in [2.75, 3.05) is 21.7 Å². The van der Waals surface area contributed by atoms with Gasteiger partial charge in [0, 0.05) is 24.0 Å². The minimum Gasteiger partial charge on any atom is -0.326 e. The number of carbonyl (C=O) groups is 3. The standard InChI is InChI=1S/C19H21N3O3S/c1-13(26-12-18(24)21-15-6-4-3-5-7-15)19(25)22-17-10-8-16(9-11-17)20-14(2)23/h3-11,13H,12H2,1-2H3,(H,20,23)(H,21,24)(H,22,25). The minimum absolute atomic E-state index is 0.152. The molecule has 2 rings (SSSR count). The summed E-state index contributed by atoms with van der Waals surface area (Å²) in [6.07, 6.45) is 0. The molecule has 0 heterocycles. The molecule has 0 aliphatic heterocycles. The van der Waals surface area contributed by atoms with Gasteiger partial charge in [-0.25, -0.2) is 0 Å². The molecule has 2 aromatic rings. The fourth-order valence-electron chi connectivity index (χ4n) is 2.08. The Kier molecular flexibility index (Phi) is 7.23. The molecule has 1 unspecified atom stereocenters. The Hall–Kier alpha value is -2.80. The third-order valence-corrected chi connectivity index (χ3v) is 4.51. The van der Waals surface area contributed by atoms with Crippen LogP contribution in [0.1, 0.15) is 13.8 Å². The van der Waals surface area contributed by atoms with Gasteiger partial charge in [0.25, 0.3) is 0 Å². The number of carbonyl (C=O) groups excluding carboxylic acids is 3. The third kappa shape index (κ3) is 6.60. The van der Waals surface area contributed by atoms with E-state index in [0.29, 0.717) is 11.4 Å². The van der Waals surface area contributed by atoms with Gasteiger partial charge < -0.3 is 16.0 Å². The fourth-order valence-corrected chi connectivity index (χ4v) is 2.76. The molecule has 0 aliphatic rings. The van der Waals surface area contributed by atoms with Crippen molar-refractivity contribution < 1.29 is 14.4 Å². The Balaban J connectivity index is 1.78. The van der Waals surface area contributed by atoms with Gasteiger partial charge in [-0.2, -0.15) is 0 Å². The first-order chi connectivity index (χ1) is 12.4. The van der Waals surface area contributed by atoms with Gasteiger partial charge in [-0.1, -0.05) is 18.2 Å². The highest BCUT2D eigenvalue weighted by molar-refractivity contribution is 8.01. The molecule has 0 aliphatic carbocycles. The quantitative estimate of drug-likeness (QED) is 0.697. The molecule has 136 valence electrons. The van der Waals surface area contributed by atoms with Crippen LogP contribution >= 0.6 is 11.8 Å². The summed E-state index contributed by atoms with van der Waals surface area (Å²) >= 11 is 1.26. The van der Waals surface area contributed by atoms with Gasteiger partial charge in [0.2, 0.25) is 17.7 Å². The van der Waals surface area contributed by atoms with Crippen molar-refractivity contribution in [1.29, 1.82) is 0 Å². The molecule has 6 nitrogen and oxygen atoms in total. The molecular weight excluding hydrogens is 350 g/mol. The molecule has 0 saturated carbocycles. The van der Waals surface area contributed by atoms with Crippen LogP contribution in [0.3, 0.4) is 0 Å². The maximum absolute atomic E-state index is 12.2. The molecule has 3 amide bonds. The predicted molar refractivity (Wildman–Crippen MR) is 106 cm³/mol. The van der Waals surface area contributed by atoms with E-state index in [2.05, 4.69) is 16.0 Å². The lowest BCUT2D eigenvalue weighted by Gasteiger charge is -2.12. The maximum atomic E-state index is 12.2. The van der Waals surface area contributed by atoms with Crippen molar-refractivity contribution in [3.63, 3.8) is 0 Å². The predicted octanol–water partition coefficient (Wildman–Crippen LogP) is 3.34. The lowest BCUT2D eigenvalue weighted by Crippen LogP contribution is -2.25. The Labute approximate surface area is 156 Å². The molecule has 0 aromatic heterocycles. The number of benzene rings is 2. The van der Waals surface area contributed by atoms with Crippen LogP contribution in [-0.4, -0.2) is 28.7 Å². The van der Waals surface area contributed by atoms with Gasteiger partial charge in [-0.15, -0.1) is 11.8 Å². The van der Waals surface area contributed by atoms with E-state index >= 15 is 0 Å². The highest BCUT2D eigenvalue weighted by Crippen LogP contribution is 2.17. The van der Waals surface area contributed by atoms with Crippen molar-refractivity contribution in [3.05, 3.63) is 54.6 Å². The highest BCUT2D eigenvalue weighted by Gasteiger charge is 2.15. The Morgan fingerprint density at radius 3 is 1.96 bits per heavy atom. The topological polar surface area (TPSA) is 87.3 Å². The van der Waals surface area contributed by atoms with Crippen molar-refractivity contribution >= 4 is 46.5 Å². The Morgan fingerprint density at radius 2 is 1.38 bits per heavy atom. The number of rotatable bonds is 7. The molecule has 3 N–H and O–H groups in total. The summed E-state index contributed by atoms with van der Waals surface area (Å²) in [6.45, 7) is 3.18. The summed E-state index contributed by atoms with van der Waals surface area (Å²) < 4.78 is 0. The number of para-hydroxylation sites is 1. The molecule has 1 atom stereocenters. The maximum Gasteiger partial charge on any atom is 0.237 e. The molecule has 0 bridgehead atoms. The van der Waals surface area contributed by atoms with Crippen LogP contribution in [0.15, 0.2) is 54.6 Å². The first kappa shape index (κ1) is 19.5. The molecule has 0 radical (unpaired) electrons. The third-order valence-electron chi connectivity index (χ3n) is 3.36. The van der Waals surface area contributed by atoms with Crippen LogP contribution < -0.4 is 16.0 Å². The zero-order valence-corrected chi connectivity index (χ0v) is 15.4. The van der Waals surface area contributed by atoms with Gasteiger partial charge in [-0.3, -0.25) is 14.4 Å². The zero-order valence-electron chi connectivity index (χ0n) is 14.6. The van der Waals surface area contributed by atoms with E-state index in [1.807, 2.05) is 30.3 Å². The number of anilines is 3. The molecule has 7 heteroatoms. The average molecular weight is 371 g/mol. The summed E-state index contributed by atoms with van der Waals surface area (Å²) in [5.41, 5.74) is 2.02. The molecule has 2 aromatic carbocycles. The smallest absolute Gasteiger partial charge is 0.237 e. The lowest BCUT2D eigenvalue weighted by molar-refractivity contribution is -0.115.